The Morgan fingerprint density at radius 2 is 0.527 bits per heavy atom. The molecule has 3 aromatic rings. The smallest absolute Gasteiger partial charge is 0.668 e. The standard InChI is InChI=1S/C32H36N4.4C6H18NSi2.2Y/c1-21-12-9-13-22(2)31(21)35-27(7)18-25(5)33-29-16-11-17-30(20-29)34-26(6)19-28(8)36-32-23(3)14-10-15-24(32)4;4*1-8(2,3)7-9(4,5)6;;/h9-20H,1-8H3;4*1-6H3;;/q-2;4*-1;2*+3/b27-18-,28-19-,33-25?,34-26?;;;;;;. The second kappa shape index (κ2) is 34.9. The molecular weight excluding hydrogens is 1190 g/mol. The van der Waals surface area contributed by atoms with Gasteiger partial charge in [-0.1, -0.05) is 314 Å². The molecule has 0 bridgehead atoms. The molecule has 8 nitrogen and oxygen atoms in total. The summed E-state index contributed by atoms with van der Waals surface area (Å²) in [7, 11) is -8.85. The first-order valence-corrected chi connectivity index (χ1v) is 53.6. The minimum absolute atomic E-state index is 0. The van der Waals surface area contributed by atoms with Gasteiger partial charge in [0.05, 0.1) is 11.4 Å². The minimum Gasteiger partial charge on any atom is -0.668 e. The second-order valence-electron chi connectivity index (χ2n) is 27.1. The van der Waals surface area contributed by atoms with Crippen LogP contribution in [0.4, 0.5) is 22.7 Å². The second-order valence-corrected chi connectivity index (χ2v) is 65.4. The number of hydrogen-bond acceptors (Lipinski definition) is 2. The van der Waals surface area contributed by atoms with Crippen LogP contribution in [0.3, 0.4) is 0 Å². The van der Waals surface area contributed by atoms with E-state index in [0.717, 1.165) is 45.6 Å². The Labute approximate surface area is 518 Å². The van der Waals surface area contributed by atoms with Gasteiger partial charge < -0.3 is 29.2 Å². The fraction of sp³-hybridized carbons (Fsp3) is 0.571. The van der Waals surface area contributed by atoms with Gasteiger partial charge in [-0.15, -0.1) is 11.4 Å². The minimum atomic E-state index is -1.11. The quantitative estimate of drug-likeness (QED) is 0.101. The molecule has 0 saturated carbocycles. The number of aliphatic imine (C=N–C) groups is 2. The number of allylic oxidation sites excluding steroid dienone is 4. The van der Waals surface area contributed by atoms with Crippen LogP contribution in [0.1, 0.15) is 49.9 Å². The van der Waals surface area contributed by atoms with E-state index in [1.807, 2.05) is 64.1 Å². The fourth-order valence-electron chi connectivity index (χ4n) is 8.11. The van der Waals surface area contributed by atoms with Crippen LogP contribution in [0.15, 0.2) is 94.2 Å². The molecule has 0 atom stereocenters. The average molecular weight is 1300 g/mol. The number of benzene rings is 3. The maximum atomic E-state index is 4.82. The summed E-state index contributed by atoms with van der Waals surface area (Å²) in [6, 6.07) is 20.4. The molecule has 0 radical (unpaired) electrons. The molecule has 0 heterocycles. The van der Waals surface area contributed by atoms with Crippen molar-refractivity contribution in [2.45, 2.75) is 213 Å². The van der Waals surface area contributed by atoms with Crippen molar-refractivity contribution in [3.05, 3.63) is 136 Å². The van der Waals surface area contributed by atoms with Gasteiger partial charge >= 0.3 is 65.4 Å². The summed E-state index contributed by atoms with van der Waals surface area (Å²) in [5.41, 5.74) is 12.1. The SMILES string of the molecule is CC(/C=C(/C)[N-]c1c(C)cccc1C)=Nc1cccc(N=C(C)/C=C(/C)[N-]c2c(C)cccc2C)c1.C[Si](C)(C)[N-][Si](C)(C)C.C[Si](C)(C)[N-][Si](C)(C)C.C[Si](C)(C)[N-][Si](C)(C)C.C[Si](C)(C)[N-][Si](C)(C)C.[Y+3].[Y+3]. The van der Waals surface area contributed by atoms with E-state index in [-0.39, 0.29) is 65.4 Å². The van der Waals surface area contributed by atoms with Crippen LogP contribution < -0.4 is 0 Å². The van der Waals surface area contributed by atoms with E-state index in [0.29, 0.717) is 0 Å². The Hall–Kier alpha value is -0.137. The molecule has 74 heavy (non-hydrogen) atoms. The molecule has 0 N–H and O–H groups in total. The molecule has 18 heteroatoms. The summed E-state index contributed by atoms with van der Waals surface area (Å²) in [6.45, 7) is 71.5. The first-order chi connectivity index (χ1) is 31.9. The molecule has 0 saturated heterocycles. The van der Waals surface area contributed by atoms with Gasteiger partial charge in [0.1, 0.15) is 0 Å². The Morgan fingerprint density at radius 3 is 0.703 bits per heavy atom. The molecule has 0 unspecified atom stereocenters. The number of hydrogen-bond donors (Lipinski definition) is 0. The Bertz CT molecular complexity index is 1930. The zero-order chi connectivity index (χ0) is 57.1. The molecule has 0 aliphatic heterocycles. The van der Waals surface area contributed by atoms with Crippen molar-refractivity contribution in [3.63, 3.8) is 0 Å². The predicted octanol–water partition coefficient (Wildman–Crippen LogP) is 22.4. The van der Waals surface area contributed by atoms with Crippen molar-refractivity contribution >= 4 is 100 Å². The molecule has 0 spiro atoms. The van der Waals surface area contributed by atoms with Gasteiger partial charge in [-0.05, 0) is 59.7 Å². The van der Waals surface area contributed by atoms with Crippen molar-refractivity contribution in [2.75, 3.05) is 0 Å². The van der Waals surface area contributed by atoms with Crippen LogP contribution in [0.2, 0.25) is 157 Å². The predicted molar refractivity (Wildman–Crippen MR) is 358 cm³/mol. The van der Waals surface area contributed by atoms with E-state index < -0.39 is 65.9 Å². The first kappa shape index (κ1) is 80.3. The Balaban J connectivity index is -0.000000522. The van der Waals surface area contributed by atoms with Gasteiger partial charge in [0.2, 0.25) is 0 Å². The van der Waals surface area contributed by atoms with E-state index in [9.17, 15) is 0 Å². The maximum absolute atomic E-state index is 4.82. The summed E-state index contributed by atoms with van der Waals surface area (Å²) >= 11 is 0. The molecular formula is C56H108N8Si8Y2. The van der Waals surface area contributed by atoms with Crippen molar-refractivity contribution in [1.82, 2.24) is 0 Å². The molecule has 0 aliphatic carbocycles. The van der Waals surface area contributed by atoms with Crippen LogP contribution in [-0.2, 0) is 65.4 Å². The summed E-state index contributed by atoms with van der Waals surface area (Å²) in [4.78, 5) is 9.53. The Kier molecular flexibility index (Phi) is 37.9. The van der Waals surface area contributed by atoms with Crippen LogP contribution >= 0.6 is 0 Å². The van der Waals surface area contributed by atoms with Crippen LogP contribution in [0.5, 0.6) is 0 Å². The van der Waals surface area contributed by atoms with Crippen LogP contribution in [0.25, 0.3) is 29.2 Å². The number of aryl methyl sites for hydroxylation is 4. The molecule has 0 aromatic heterocycles. The zero-order valence-electron chi connectivity index (χ0n) is 53.7. The maximum Gasteiger partial charge on any atom is 3.00 e. The molecule has 0 aliphatic rings. The van der Waals surface area contributed by atoms with Gasteiger partial charge in [-0.2, -0.15) is 11.4 Å². The summed E-state index contributed by atoms with van der Waals surface area (Å²) in [6.07, 6.45) is 4.02. The van der Waals surface area contributed by atoms with Gasteiger partial charge in [0, 0.05) is 11.4 Å². The van der Waals surface area contributed by atoms with E-state index >= 15 is 0 Å². The van der Waals surface area contributed by atoms with E-state index in [1.54, 1.807) is 0 Å². The molecule has 0 fully saturated rings. The molecule has 3 rings (SSSR count). The van der Waals surface area contributed by atoms with Crippen molar-refractivity contribution in [1.29, 1.82) is 0 Å². The molecule has 410 valence electrons. The number of rotatable bonds is 16. The normalized spacial score (nSPS) is 13.2. The van der Waals surface area contributed by atoms with Crippen molar-refractivity contribution in [2.24, 2.45) is 9.98 Å². The van der Waals surface area contributed by atoms with E-state index in [1.165, 1.54) is 22.3 Å². The van der Waals surface area contributed by atoms with Gasteiger partial charge in [-0.25, -0.2) is 0 Å². The van der Waals surface area contributed by atoms with Crippen LogP contribution in [0, 0.1) is 27.7 Å². The third-order valence-corrected chi connectivity index (χ3v) is 29.9. The molecule has 3 aromatic carbocycles. The van der Waals surface area contributed by atoms with Gasteiger partial charge in [0.25, 0.3) is 0 Å². The first-order valence-electron chi connectivity index (χ1n) is 26.0. The van der Waals surface area contributed by atoms with E-state index in [4.69, 9.17) is 39.2 Å². The largest absolute Gasteiger partial charge is 3.00 e. The van der Waals surface area contributed by atoms with Crippen molar-refractivity contribution < 1.29 is 65.4 Å². The van der Waals surface area contributed by atoms with E-state index in [2.05, 4.69) is 221 Å². The van der Waals surface area contributed by atoms with Crippen LogP contribution in [-0.4, -0.2) is 77.3 Å². The third-order valence-electron chi connectivity index (χ3n) is 8.41. The Morgan fingerprint density at radius 1 is 0.338 bits per heavy atom. The summed E-state index contributed by atoms with van der Waals surface area (Å²) in [5, 5.41) is 9.62. The third kappa shape index (κ3) is 48.9. The topological polar surface area (TPSA) is 109 Å². The number of para-hydroxylation sites is 2. The van der Waals surface area contributed by atoms with Crippen molar-refractivity contribution in [3.8, 4) is 0 Å². The summed E-state index contributed by atoms with van der Waals surface area (Å²) in [5.74, 6) is 0. The molecule has 0 amide bonds. The summed E-state index contributed by atoms with van der Waals surface area (Å²) < 4.78 is 19.3. The zero-order valence-corrected chi connectivity index (χ0v) is 67.3. The average Bonchev–Trinajstić information content (AvgIpc) is 3.06. The number of nitrogens with zero attached hydrogens (tertiary/aromatic N) is 8. The monoisotopic (exact) mass is 1290 g/mol. The fourth-order valence-corrected chi connectivity index (χ4v) is 40.3. The van der Waals surface area contributed by atoms with Gasteiger partial charge in [0.15, 0.2) is 0 Å². The van der Waals surface area contributed by atoms with Gasteiger partial charge in [-0.3, -0.25) is 9.98 Å².